The van der Waals surface area contributed by atoms with Crippen molar-refractivity contribution < 1.29 is 34.3 Å². The molecule has 8 nitrogen and oxygen atoms in total. The van der Waals surface area contributed by atoms with Crippen molar-refractivity contribution in [1.29, 1.82) is 0 Å². The molecule has 1 heterocycles. The van der Waals surface area contributed by atoms with E-state index in [1.165, 1.54) is 0 Å². The van der Waals surface area contributed by atoms with Crippen LogP contribution >= 0.6 is 0 Å². The van der Waals surface area contributed by atoms with E-state index in [4.69, 9.17) is 0 Å². The Kier molecular flexibility index (Phi) is 6.46. The van der Waals surface area contributed by atoms with Gasteiger partial charge in [-0.1, -0.05) is 20.8 Å². The molecule has 0 bridgehead atoms. The van der Waals surface area contributed by atoms with Gasteiger partial charge in [-0.2, -0.15) is 0 Å². The van der Waals surface area contributed by atoms with Crippen LogP contribution in [0.3, 0.4) is 0 Å². The van der Waals surface area contributed by atoms with Gasteiger partial charge in [-0.25, -0.2) is 14.2 Å². The minimum atomic E-state index is -1.43. The smallest absolute Gasteiger partial charge is 0.321 e. The fourth-order valence-corrected chi connectivity index (χ4v) is 10.4. The van der Waals surface area contributed by atoms with Crippen molar-refractivity contribution in [2.24, 2.45) is 46.3 Å². The van der Waals surface area contributed by atoms with Gasteiger partial charge >= 0.3 is 17.8 Å². The summed E-state index contributed by atoms with van der Waals surface area (Å²) in [6, 6.07) is -0.801. The highest BCUT2D eigenvalue weighted by Gasteiger charge is 2.69. The zero-order valence-electron chi connectivity index (χ0n) is 21.9. The molecule has 3 N–H and O–H groups in total. The Labute approximate surface area is 213 Å². The van der Waals surface area contributed by atoms with Gasteiger partial charge in [0.25, 0.3) is 0 Å². The predicted molar refractivity (Wildman–Crippen MR) is 131 cm³/mol. The number of hydrogen-bond acceptors (Lipinski definition) is 6. The summed E-state index contributed by atoms with van der Waals surface area (Å²) in [4.78, 5) is 37.0. The van der Waals surface area contributed by atoms with Crippen molar-refractivity contribution >= 4 is 17.8 Å². The summed E-state index contributed by atoms with van der Waals surface area (Å²) in [5, 5.41) is 45.8. The van der Waals surface area contributed by atoms with Gasteiger partial charge in [0.2, 0.25) is 0 Å². The molecule has 4 aliphatic carbocycles. The van der Waals surface area contributed by atoms with Crippen LogP contribution in [0.1, 0.15) is 91.4 Å². The number of aliphatic hydroxyl groups is 2. The Hall–Kier alpha value is -1.35. The number of aliphatic carboxylic acids is 1. The normalized spacial score (nSPS) is 48.7. The summed E-state index contributed by atoms with van der Waals surface area (Å²) in [6.07, 6.45) is 4.42. The Morgan fingerprint density at radius 2 is 1.67 bits per heavy atom. The average Bonchev–Trinajstić information content (AvgIpc) is 3.31. The van der Waals surface area contributed by atoms with Gasteiger partial charge in [0, 0.05) is 18.3 Å². The number of carbonyl (C=O) groups is 3. The standard InChI is InChI=1S/C28H43NO7/c1-15(4-11-26(34)35)19-7-8-20-18-6-5-16-12-17(30)13-22(29(36)24(32)9-10-25(29)33)27(16,2)21(18)14-23(31)28(19,20)3/h15-23,30-31H,4-14H2,1-3H3,(H,34,35)/t15-,16-,17+,18+,19-,20+,21+,22?,23+,27+,28-/m1/s1. The van der Waals surface area contributed by atoms with E-state index in [1.807, 2.05) is 0 Å². The van der Waals surface area contributed by atoms with E-state index in [0.717, 1.165) is 25.7 Å². The SMILES string of the molecule is C[C@H](CCC(=O)O)[C@H]1CC[C@H]2[C@@H]3CC[C@@H]4C[C@H](O)CC([N+]5([O-])C(=O)CCC5=O)[C@]4(C)[C@H]3C[C@H](O)[C@]12C. The van der Waals surface area contributed by atoms with Crippen LogP contribution in [0.25, 0.3) is 0 Å². The summed E-state index contributed by atoms with van der Waals surface area (Å²) in [6.45, 7) is 6.39. The van der Waals surface area contributed by atoms with Crippen LogP contribution in [0.4, 0.5) is 0 Å². The third kappa shape index (κ3) is 3.50. The lowest BCUT2D eigenvalue weighted by molar-refractivity contribution is -0.767. The minimum Gasteiger partial charge on any atom is -0.617 e. The van der Waals surface area contributed by atoms with Crippen molar-refractivity contribution in [1.82, 2.24) is 0 Å². The van der Waals surface area contributed by atoms with Crippen LogP contribution in [0.2, 0.25) is 0 Å². The van der Waals surface area contributed by atoms with E-state index >= 15 is 0 Å². The highest BCUT2D eigenvalue weighted by molar-refractivity contribution is 5.92. The molecule has 0 aromatic carbocycles. The number of quaternary nitrogens is 1. The van der Waals surface area contributed by atoms with Crippen LogP contribution in [-0.4, -0.2) is 56.0 Å². The molecule has 36 heavy (non-hydrogen) atoms. The minimum absolute atomic E-state index is 0.0139. The number of likely N-dealkylation sites (tertiary alicyclic amines) is 1. The number of carboxylic acid groups (broad SMARTS) is 1. The van der Waals surface area contributed by atoms with Crippen molar-refractivity contribution in [3.8, 4) is 0 Å². The van der Waals surface area contributed by atoms with E-state index < -0.39 is 46.1 Å². The van der Waals surface area contributed by atoms with E-state index in [0.29, 0.717) is 19.3 Å². The Balaban J connectivity index is 1.49. The fraction of sp³-hybridized carbons (Fsp3) is 0.893. The number of carbonyl (C=O) groups excluding carboxylic acids is 2. The van der Waals surface area contributed by atoms with Gasteiger partial charge in [0.1, 0.15) is 6.04 Å². The summed E-state index contributed by atoms with van der Waals surface area (Å²) < 4.78 is -1.43. The number of aliphatic hydroxyl groups excluding tert-OH is 2. The topological polar surface area (TPSA) is 135 Å². The Bertz CT molecular complexity index is 921. The maximum absolute atomic E-state index is 14.1. The molecule has 1 saturated heterocycles. The molecule has 0 aromatic rings. The van der Waals surface area contributed by atoms with Crippen LogP contribution in [-0.2, 0) is 14.4 Å². The lowest BCUT2D eigenvalue weighted by Gasteiger charge is -2.65. The Morgan fingerprint density at radius 1 is 1.00 bits per heavy atom. The third-order valence-corrected chi connectivity index (χ3v) is 12.1. The molecule has 11 atom stereocenters. The molecule has 0 radical (unpaired) electrons. The van der Waals surface area contributed by atoms with E-state index in [9.17, 15) is 34.9 Å². The van der Waals surface area contributed by atoms with E-state index in [2.05, 4.69) is 20.8 Å². The zero-order valence-corrected chi connectivity index (χ0v) is 21.9. The molecule has 0 spiro atoms. The molecule has 202 valence electrons. The molecule has 1 unspecified atom stereocenters. The number of rotatable bonds is 5. The number of amides is 2. The highest BCUT2D eigenvalue weighted by atomic mass is 16.6. The molecule has 8 heteroatoms. The monoisotopic (exact) mass is 505 g/mol. The predicted octanol–water partition coefficient (Wildman–Crippen LogP) is 3.62. The number of nitrogens with zero attached hydrogens (tertiary/aromatic N) is 1. The summed E-state index contributed by atoms with van der Waals surface area (Å²) >= 11 is 0. The summed E-state index contributed by atoms with van der Waals surface area (Å²) in [5.41, 5.74) is -0.913. The summed E-state index contributed by atoms with van der Waals surface area (Å²) in [5.74, 6) is -0.892. The first-order chi connectivity index (χ1) is 16.9. The van der Waals surface area contributed by atoms with Crippen LogP contribution < -0.4 is 0 Å². The lowest BCUT2D eigenvalue weighted by Crippen LogP contribution is -2.70. The molecule has 5 aliphatic rings. The number of hydroxylamine groups is 3. The number of hydrogen-bond donors (Lipinski definition) is 3. The van der Waals surface area contributed by atoms with Crippen molar-refractivity contribution in [3.63, 3.8) is 0 Å². The van der Waals surface area contributed by atoms with E-state index in [1.54, 1.807) is 0 Å². The van der Waals surface area contributed by atoms with Crippen molar-refractivity contribution in [2.75, 3.05) is 0 Å². The van der Waals surface area contributed by atoms with Gasteiger partial charge in [-0.3, -0.25) is 4.79 Å². The van der Waals surface area contributed by atoms with Gasteiger partial charge in [0.15, 0.2) is 0 Å². The van der Waals surface area contributed by atoms with Gasteiger partial charge in [0.05, 0.1) is 25.0 Å². The first-order valence-electron chi connectivity index (χ1n) is 14.1. The second-order valence-corrected chi connectivity index (χ2v) is 13.3. The highest BCUT2D eigenvalue weighted by Crippen LogP contribution is 2.69. The molecule has 5 rings (SSSR count). The molecule has 5 fully saturated rings. The molecule has 2 amide bonds. The molecular formula is C28H43NO7. The number of imide groups is 1. The summed E-state index contributed by atoms with van der Waals surface area (Å²) in [7, 11) is 0. The second-order valence-electron chi connectivity index (χ2n) is 13.3. The number of carboxylic acids is 1. The van der Waals surface area contributed by atoms with Gasteiger partial charge < -0.3 is 20.5 Å². The number of fused-ring (bicyclic) bond motifs is 5. The lowest BCUT2D eigenvalue weighted by atomic mass is 9.42. The quantitative estimate of drug-likeness (QED) is 0.295. The largest absolute Gasteiger partial charge is 0.617 e. The van der Waals surface area contributed by atoms with Crippen molar-refractivity contribution in [3.05, 3.63) is 5.21 Å². The molecule has 4 saturated carbocycles. The molecular weight excluding hydrogens is 462 g/mol. The maximum atomic E-state index is 14.1. The van der Waals surface area contributed by atoms with E-state index in [-0.39, 0.29) is 66.6 Å². The average molecular weight is 506 g/mol. The molecule has 0 aromatic heterocycles. The third-order valence-electron chi connectivity index (χ3n) is 12.1. The second kappa shape index (κ2) is 8.85. The first-order valence-corrected chi connectivity index (χ1v) is 14.1. The van der Waals surface area contributed by atoms with Crippen molar-refractivity contribution in [2.45, 2.75) is 110 Å². The maximum Gasteiger partial charge on any atom is 0.321 e. The van der Waals surface area contributed by atoms with Crippen LogP contribution in [0, 0.1) is 51.5 Å². The van der Waals surface area contributed by atoms with Gasteiger partial charge in [-0.15, -0.1) is 0 Å². The fourth-order valence-electron chi connectivity index (χ4n) is 10.4. The Morgan fingerprint density at radius 3 is 2.31 bits per heavy atom. The zero-order chi connectivity index (χ0) is 26.2. The molecule has 1 aliphatic heterocycles. The van der Waals surface area contributed by atoms with Crippen LogP contribution in [0.5, 0.6) is 0 Å². The van der Waals surface area contributed by atoms with Gasteiger partial charge in [-0.05, 0) is 85.9 Å². The van der Waals surface area contributed by atoms with Crippen LogP contribution in [0.15, 0.2) is 0 Å². The first kappa shape index (κ1) is 26.3.